The molecule has 2 aromatic heterocycles. The second-order valence-electron chi connectivity index (χ2n) is 5.33. The molecule has 0 aliphatic heterocycles. The molecule has 0 N–H and O–H groups in total. The van der Waals surface area contributed by atoms with Gasteiger partial charge in [-0.2, -0.15) is 0 Å². The summed E-state index contributed by atoms with van der Waals surface area (Å²) in [5, 5.41) is 8.02. The van der Waals surface area contributed by atoms with E-state index in [2.05, 4.69) is 36.2 Å². The number of hydrogen-bond acceptors (Lipinski definition) is 6. The third kappa shape index (κ3) is 6.26. The van der Waals surface area contributed by atoms with Crippen LogP contribution < -0.4 is 0 Å². The van der Waals surface area contributed by atoms with E-state index in [1.165, 1.54) is 7.11 Å². The number of halogens is 1. The van der Waals surface area contributed by atoms with Crippen molar-refractivity contribution in [3.8, 4) is 0 Å². The highest BCUT2D eigenvalue weighted by atomic mass is 79.9. The first-order valence-corrected chi connectivity index (χ1v) is 8.73. The molecule has 7 heteroatoms. The van der Waals surface area contributed by atoms with Gasteiger partial charge >= 0.3 is 0 Å². The van der Waals surface area contributed by atoms with Crippen LogP contribution in [0.15, 0.2) is 51.3 Å². The van der Waals surface area contributed by atoms with Crippen molar-refractivity contribution in [2.24, 2.45) is 10.3 Å². The van der Waals surface area contributed by atoms with Crippen LogP contribution in [0.4, 0.5) is 0 Å². The van der Waals surface area contributed by atoms with Gasteiger partial charge in [-0.3, -0.25) is 4.98 Å². The predicted octanol–water partition coefficient (Wildman–Crippen LogP) is 3.98. The van der Waals surface area contributed by atoms with Crippen molar-refractivity contribution in [3.63, 3.8) is 0 Å². The van der Waals surface area contributed by atoms with Crippen LogP contribution in [-0.4, -0.2) is 35.1 Å². The van der Waals surface area contributed by atoms with E-state index >= 15 is 0 Å². The minimum Gasteiger partial charge on any atom is -0.399 e. The zero-order valence-corrected chi connectivity index (χ0v) is 16.2. The van der Waals surface area contributed by atoms with E-state index < -0.39 is 0 Å². The van der Waals surface area contributed by atoms with E-state index in [-0.39, 0.29) is 0 Å². The number of rotatable bonds is 8. The maximum absolute atomic E-state index is 5.39. The molecule has 0 saturated heterocycles. The predicted molar refractivity (Wildman–Crippen MR) is 102 cm³/mol. The van der Waals surface area contributed by atoms with Crippen LogP contribution in [0, 0.1) is 0 Å². The van der Waals surface area contributed by atoms with Crippen LogP contribution in [0.3, 0.4) is 0 Å². The molecule has 0 spiro atoms. The highest BCUT2D eigenvalue weighted by Crippen LogP contribution is 2.08. The van der Waals surface area contributed by atoms with Crippen molar-refractivity contribution in [1.82, 2.24) is 9.97 Å². The monoisotopic (exact) mass is 404 g/mol. The summed E-state index contributed by atoms with van der Waals surface area (Å²) in [6.45, 7) is 4.26. The summed E-state index contributed by atoms with van der Waals surface area (Å²) < 4.78 is 0.776. The van der Waals surface area contributed by atoms with Crippen molar-refractivity contribution in [2.75, 3.05) is 13.7 Å². The molecule has 0 unspecified atom stereocenters. The molecule has 2 aromatic rings. The fourth-order valence-electron chi connectivity index (χ4n) is 2.12. The van der Waals surface area contributed by atoms with Crippen molar-refractivity contribution in [3.05, 3.63) is 58.1 Å². The van der Waals surface area contributed by atoms with E-state index in [1.54, 1.807) is 0 Å². The second-order valence-corrected chi connectivity index (χ2v) is 6.14. The summed E-state index contributed by atoms with van der Waals surface area (Å²) >= 11 is 3.34. The lowest BCUT2D eigenvalue weighted by Crippen LogP contribution is -2.03. The van der Waals surface area contributed by atoms with Crippen molar-refractivity contribution in [1.29, 1.82) is 0 Å². The van der Waals surface area contributed by atoms with Gasteiger partial charge in [-0.05, 0) is 66.9 Å². The van der Waals surface area contributed by atoms with Gasteiger partial charge in [0.05, 0.1) is 11.4 Å². The first-order chi connectivity index (χ1) is 12.1. The molecular formula is C18H21BrN4O2. The van der Waals surface area contributed by atoms with Gasteiger partial charge in [-0.25, -0.2) is 4.98 Å². The summed E-state index contributed by atoms with van der Waals surface area (Å²) in [6, 6.07) is 11.6. The Labute approximate surface area is 156 Å². The average molecular weight is 405 g/mol. The van der Waals surface area contributed by atoms with Gasteiger partial charge in [0.25, 0.3) is 0 Å². The van der Waals surface area contributed by atoms with Gasteiger partial charge in [0, 0.05) is 5.69 Å². The maximum Gasteiger partial charge on any atom is 0.117 e. The first kappa shape index (κ1) is 19.1. The topological polar surface area (TPSA) is 69.0 Å². The molecule has 0 fully saturated rings. The van der Waals surface area contributed by atoms with E-state index in [9.17, 15) is 0 Å². The Morgan fingerprint density at radius 1 is 1.00 bits per heavy atom. The first-order valence-electron chi connectivity index (χ1n) is 7.93. The lowest BCUT2D eigenvalue weighted by Gasteiger charge is -2.05. The molecule has 0 radical (unpaired) electrons. The third-order valence-electron chi connectivity index (χ3n) is 3.36. The Morgan fingerprint density at radius 3 is 2.40 bits per heavy atom. The van der Waals surface area contributed by atoms with Crippen molar-refractivity contribution >= 4 is 27.4 Å². The molecule has 2 rings (SSSR count). The fraction of sp³-hybridized carbons (Fsp3) is 0.333. The van der Waals surface area contributed by atoms with Crippen LogP contribution in [-0.2, 0) is 16.1 Å². The minimum absolute atomic E-state index is 0.516. The SMILES string of the molecule is CO/N=C(\C)c1cccc(CCCO/N=C(\C)c2cccc(Br)n2)n1. The lowest BCUT2D eigenvalue weighted by atomic mass is 10.2. The summed E-state index contributed by atoms with van der Waals surface area (Å²) in [7, 11) is 1.52. The summed E-state index contributed by atoms with van der Waals surface area (Å²) in [4.78, 5) is 19.1. The van der Waals surface area contributed by atoms with Gasteiger partial charge in [0.15, 0.2) is 0 Å². The number of aromatic nitrogens is 2. The Bertz CT molecular complexity index is 762. The highest BCUT2D eigenvalue weighted by Gasteiger charge is 2.03. The molecule has 0 aromatic carbocycles. The van der Waals surface area contributed by atoms with Crippen molar-refractivity contribution in [2.45, 2.75) is 26.7 Å². The second kappa shape index (κ2) is 9.88. The standard InChI is InChI=1S/C18H21BrN4O2/c1-13(22-24-3)16-9-4-7-15(20-16)8-6-12-25-23-14(2)17-10-5-11-18(19)21-17/h4-5,7,9-11H,6,8,12H2,1-3H3/b22-13+,23-14+. The molecule has 132 valence electrons. The minimum atomic E-state index is 0.516. The van der Waals surface area contributed by atoms with Crippen LogP contribution >= 0.6 is 15.9 Å². The molecule has 25 heavy (non-hydrogen) atoms. The summed E-state index contributed by atoms with van der Waals surface area (Å²) in [5.41, 5.74) is 4.09. The number of nitrogens with zero attached hydrogens (tertiary/aromatic N) is 4. The normalized spacial score (nSPS) is 12.2. The Morgan fingerprint density at radius 2 is 1.68 bits per heavy atom. The zero-order valence-electron chi connectivity index (χ0n) is 14.6. The molecule has 0 amide bonds. The average Bonchev–Trinajstić information content (AvgIpc) is 2.61. The lowest BCUT2D eigenvalue weighted by molar-refractivity contribution is 0.141. The largest absolute Gasteiger partial charge is 0.399 e. The molecule has 0 aliphatic rings. The molecule has 2 heterocycles. The zero-order chi connectivity index (χ0) is 18.1. The smallest absolute Gasteiger partial charge is 0.117 e. The van der Waals surface area contributed by atoms with Crippen LogP contribution in [0.2, 0.25) is 0 Å². The Balaban J connectivity index is 1.82. The number of aryl methyl sites for hydroxylation is 1. The van der Waals surface area contributed by atoms with Gasteiger partial charge < -0.3 is 9.68 Å². The van der Waals surface area contributed by atoms with E-state index in [0.29, 0.717) is 6.61 Å². The van der Waals surface area contributed by atoms with E-state index in [4.69, 9.17) is 9.68 Å². The number of hydrogen-bond donors (Lipinski definition) is 0. The van der Waals surface area contributed by atoms with E-state index in [1.807, 2.05) is 50.2 Å². The maximum atomic E-state index is 5.39. The third-order valence-corrected chi connectivity index (χ3v) is 3.80. The van der Waals surface area contributed by atoms with Gasteiger partial charge in [0.1, 0.15) is 29.7 Å². The van der Waals surface area contributed by atoms with Gasteiger partial charge in [-0.1, -0.05) is 22.4 Å². The Hall–Kier alpha value is -2.28. The molecule has 0 bridgehead atoms. The quantitative estimate of drug-likeness (QED) is 0.288. The molecule has 0 atom stereocenters. The molecule has 6 nitrogen and oxygen atoms in total. The van der Waals surface area contributed by atoms with Crippen LogP contribution in [0.25, 0.3) is 0 Å². The molecular weight excluding hydrogens is 384 g/mol. The summed E-state index contributed by atoms with van der Waals surface area (Å²) in [5.74, 6) is 0. The Kier molecular flexibility index (Phi) is 7.53. The highest BCUT2D eigenvalue weighted by molar-refractivity contribution is 9.10. The fourth-order valence-corrected chi connectivity index (χ4v) is 2.46. The van der Waals surface area contributed by atoms with Crippen LogP contribution in [0.1, 0.15) is 37.4 Å². The van der Waals surface area contributed by atoms with Crippen molar-refractivity contribution < 1.29 is 9.68 Å². The summed E-state index contributed by atoms with van der Waals surface area (Å²) in [6.07, 6.45) is 1.62. The van der Waals surface area contributed by atoms with Gasteiger partial charge in [-0.15, -0.1) is 0 Å². The number of pyridine rings is 2. The number of oxime groups is 2. The van der Waals surface area contributed by atoms with Gasteiger partial charge in [0.2, 0.25) is 0 Å². The molecule has 0 aliphatic carbocycles. The van der Waals surface area contributed by atoms with E-state index in [0.717, 1.165) is 45.9 Å². The molecule has 0 saturated carbocycles. The van der Waals surface area contributed by atoms with Crippen LogP contribution in [0.5, 0.6) is 0 Å².